The molecule has 0 spiro atoms. The number of hydrogen-bond donors (Lipinski definition) is 2. The number of halogens is 2. The van der Waals surface area contributed by atoms with Gasteiger partial charge in [-0.05, 0) is 75.0 Å². The highest BCUT2D eigenvalue weighted by Gasteiger charge is 2.44. The van der Waals surface area contributed by atoms with Gasteiger partial charge >= 0.3 is 6.01 Å². The van der Waals surface area contributed by atoms with E-state index in [1.165, 1.54) is 24.3 Å². The molecule has 10 heteroatoms. The number of fused-ring (bicyclic) bond motifs is 4. The summed E-state index contributed by atoms with van der Waals surface area (Å²) in [7, 11) is 4.05. The fourth-order valence-corrected chi connectivity index (χ4v) is 6.99. The molecule has 3 aliphatic rings. The number of aromatic nitrogens is 2. The molecule has 2 N–H and O–H groups in total. The Balaban J connectivity index is 1.44. The van der Waals surface area contributed by atoms with Crippen molar-refractivity contribution in [2.45, 2.75) is 37.8 Å². The Morgan fingerprint density at radius 3 is 2.57 bits per heavy atom. The van der Waals surface area contributed by atoms with Crippen LogP contribution in [0.25, 0.3) is 32.8 Å². The molecule has 0 unspecified atom stereocenters. The van der Waals surface area contributed by atoms with Gasteiger partial charge in [0, 0.05) is 53.5 Å². The molecule has 3 heterocycles. The van der Waals surface area contributed by atoms with Gasteiger partial charge in [-0.15, -0.1) is 6.42 Å². The van der Waals surface area contributed by atoms with E-state index in [0.29, 0.717) is 36.3 Å². The molecule has 1 aromatic heterocycles. The SMILES string of the molecule is C#Cc1c(F)ccc2cc(O)cc(-c3c(C#N)cc4c(N5C[C@H]6CC[C@@H](C5)N6)nc(OCC5(CN(C)C)CC5)nc4c3F)c12. The zero-order chi connectivity index (χ0) is 30.7. The minimum Gasteiger partial charge on any atom is -0.508 e. The van der Waals surface area contributed by atoms with Crippen LogP contribution in [0.1, 0.15) is 36.8 Å². The minimum absolute atomic E-state index is 0.000677. The van der Waals surface area contributed by atoms with E-state index in [4.69, 9.17) is 16.1 Å². The number of hydrogen-bond acceptors (Lipinski definition) is 8. The summed E-state index contributed by atoms with van der Waals surface area (Å²) in [4.78, 5) is 13.6. The number of terminal acetylenes is 1. The van der Waals surface area contributed by atoms with Crippen molar-refractivity contribution in [3.8, 4) is 41.3 Å². The number of ether oxygens (including phenoxy) is 1. The third-order valence-corrected chi connectivity index (χ3v) is 9.11. The summed E-state index contributed by atoms with van der Waals surface area (Å²) in [5, 5.41) is 25.5. The van der Waals surface area contributed by atoms with Gasteiger partial charge in [0.05, 0.1) is 23.8 Å². The monoisotopic (exact) mass is 594 g/mol. The van der Waals surface area contributed by atoms with Crippen LogP contribution in [0.2, 0.25) is 0 Å². The summed E-state index contributed by atoms with van der Waals surface area (Å²) in [5.41, 5.74) is -0.119. The van der Waals surface area contributed by atoms with Crippen molar-refractivity contribution in [3.63, 3.8) is 0 Å². The molecule has 2 atom stereocenters. The van der Waals surface area contributed by atoms with Crippen LogP contribution in [-0.4, -0.2) is 72.4 Å². The quantitative estimate of drug-likeness (QED) is 0.290. The van der Waals surface area contributed by atoms with Gasteiger partial charge in [-0.3, -0.25) is 0 Å². The molecule has 3 aromatic carbocycles. The van der Waals surface area contributed by atoms with Gasteiger partial charge in [-0.2, -0.15) is 15.2 Å². The fraction of sp³-hybridized carbons (Fsp3) is 0.382. The molecule has 44 heavy (non-hydrogen) atoms. The predicted molar refractivity (Wildman–Crippen MR) is 165 cm³/mol. The third-order valence-electron chi connectivity index (χ3n) is 9.11. The maximum atomic E-state index is 17.0. The molecule has 0 amide bonds. The molecule has 2 saturated heterocycles. The third kappa shape index (κ3) is 4.85. The molecule has 2 bridgehead atoms. The Morgan fingerprint density at radius 1 is 1.16 bits per heavy atom. The Hall–Kier alpha value is -4.51. The highest BCUT2D eigenvalue weighted by Crippen LogP contribution is 2.47. The Labute approximate surface area is 254 Å². The lowest BCUT2D eigenvalue weighted by Crippen LogP contribution is -2.51. The lowest BCUT2D eigenvalue weighted by Gasteiger charge is -2.34. The number of nitriles is 1. The normalized spacial score (nSPS) is 20.2. The first kappa shape index (κ1) is 28.3. The molecule has 8 nitrogen and oxygen atoms in total. The van der Waals surface area contributed by atoms with Crippen LogP contribution in [0.3, 0.4) is 0 Å². The number of rotatable bonds is 7. The predicted octanol–water partition coefficient (Wildman–Crippen LogP) is 4.95. The lowest BCUT2D eigenvalue weighted by atomic mass is 9.90. The van der Waals surface area contributed by atoms with Crippen LogP contribution in [0.4, 0.5) is 14.6 Å². The maximum absolute atomic E-state index is 17.0. The summed E-state index contributed by atoms with van der Waals surface area (Å²) < 4.78 is 38.1. The van der Waals surface area contributed by atoms with E-state index in [0.717, 1.165) is 32.2 Å². The van der Waals surface area contributed by atoms with Gasteiger partial charge in [0.1, 0.15) is 22.9 Å². The Kier molecular flexibility index (Phi) is 6.80. The largest absolute Gasteiger partial charge is 0.508 e. The molecule has 0 radical (unpaired) electrons. The van der Waals surface area contributed by atoms with Gasteiger partial charge in [0.2, 0.25) is 0 Å². The van der Waals surface area contributed by atoms with Crippen molar-refractivity contribution in [2.75, 3.05) is 45.2 Å². The van der Waals surface area contributed by atoms with Crippen molar-refractivity contribution in [1.82, 2.24) is 20.2 Å². The summed E-state index contributed by atoms with van der Waals surface area (Å²) in [5.74, 6) is 1.25. The Morgan fingerprint density at radius 2 is 1.91 bits per heavy atom. The van der Waals surface area contributed by atoms with Crippen molar-refractivity contribution >= 4 is 27.5 Å². The number of nitrogens with zero attached hydrogens (tertiary/aromatic N) is 5. The fourth-order valence-electron chi connectivity index (χ4n) is 6.99. The van der Waals surface area contributed by atoms with E-state index in [-0.39, 0.29) is 62.4 Å². The minimum atomic E-state index is -0.792. The average Bonchev–Trinajstić information content (AvgIpc) is 3.68. The zero-order valence-electron chi connectivity index (χ0n) is 24.6. The van der Waals surface area contributed by atoms with E-state index >= 15 is 4.39 Å². The van der Waals surface area contributed by atoms with Gasteiger partial charge < -0.3 is 25.0 Å². The van der Waals surface area contributed by atoms with Crippen molar-refractivity contribution < 1.29 is 18.6 Å². The average molecular weight is 595 g/mol. The van der Waals surface area contributed by atoms with Gasteiger partial charge in [0.25, 0.3) is 0 Å². The molecular formula is C34H32F2N6O2. The first-order valence-electron chi connectivity index (χ1n) is 14.8. The number of aromatic hydroxyl groups is 1. The van der Waals surface area contributed by atoms with Gasteiger partial charge in [0.15, 0.2) is 5.82 Å². The second-order valence-electron chi connectivity index (χ2n) is 12.7. The number of piperazine rings is 1. The van der Waals surface area contributed by atoms with Crippen molar-refractivity contribution in [3.05, 3.63) is 53.1 Å². The second-order valence-corrected chi connectivity index (χ2v) is 12.7. The Bertz CT molecular complexity index is 1900. The van der Waals surface area contributed by atoms with E-state index in [1.54, 1.807) is 6.07 Å². The van der Waals surface area contributed by atoms with Crippen LogP contribution in [0.15, 0.2) is 30.3 Å². The van der Waals surface area contributed by atoms with E-state index in [1.807, 2.05) is 14.1 Å². The summed E-state index contributed by atoms with van der Waals surface area (Å²) in [6.07, 6.45) is 9.82. The van der Waals surface area contributed by atoms with E-state index < -0.39 is 11.6 Å². The second kappa shape index (κ2) is 10.6. The molecule has 224 valence electrons. The number of anilines is 1. The van der Waals surface area contributed by atoms with Crippen LogP contribution in [0.5, 0.6) is 11.8 Å². The van der Waals surface area contributed by atoms with Crippen LogP contribution < -0.4 is 15.0 Å². The highest BCUT2D eigenvalue weighted by atomic mass is 19.1. The van der Waals surface area contributed by atoms with Crippen molar-refractivity contribution in [2.24, 2.45) is 5.41 Å². The number of nitrogens with one attached hydrogen (secondary N) is 1. The lowest BCUT2D eigenvalue weighted by molar-refractivity contribution is 0.183. The van der Waals surface area contributed by atoms with Crippen LogP contribution >= 0.6 is 0 Å². The standard InChI is InChI=1S/C34H32F2N6O2/c1-4-24-27(35)8-5-19-11-23(43)13-25(28(19)24)29-20(14-37)12-26-31(30(29)36)39-33(44-18-34(9-10-34)17-41(2)3)40-32(26)42-15-21-6-7-22(16-42)38-21/h1,5,8,11-13,21-22,38,43H,6-7,9-10,15-18H2,2-3H3/t21-,22+. The van der Waals surface area contributed by atoms with E-state index in [2.05, 4.69) is 32.1 Å². The first-order chi connectivity index (χ1) is 21.2. The number of benzene rings is 3. The summed E-state index contributed by atoms with van der Waals surface area (Å²) in [6, 6.07) is 9.73. The molecular weight excluding hydrogens is 562 g/mol. The molecule has 1 aliphatic carbocycles. The van der Waals surface area contributed by atoms with E-state index in [9.17, 15) is 14.8 Å². The first-order valence-corrected chi connectivity index (χ1v) is 14.8. The maximum Gasteiger partial charge on any atom is 0.319 e. The summed E-state index contributed by atoms with van der Waals surface area (Å²) >= 11 is 0. The van der Waals surface area contributed by atoms with Gasteiger partial charge in [-0.25, -0.2) is 8.78 Å². The highest BCUT2D eigenvalue weighted by molar-refractivity contribution is 6.05. The molecule has 4 aromatic rings. The molecule has 7 rings (SSSR count). The topological polar surface area (TPSA) is 97.5 Å². The molecule has 3 fully saturated rings. The van der Waals surface area contributed by atoms with Gasteiger partial charge in [-0.1, -0.05) is 12.0 Å². The number of phenolic OH excluding ortho intramolecular Hbond substituents is 1. The molecule has 2 aliphatic heterocycles. The van der Waals surface area contributed by atoms with Crippen LogP contribution in [0, 0.1) is 40.7 Å². The molecule has 1 saturated carbocycles. The summed E-state index contributed by atoms with van der Waals surface area (Å²) in [6.45, 7) is 2.62. The zero-order valence-corrected chi connectivity index (χ0v) is 24.6. The number of phenols is 1. The van der Waals surface area contributed by atoms with Crippen LogP contribution in [-0.2, 0) is 0 Å². The van der Waals surface area contributed by atoms with Crippen molar-refractivity contribution in [1.29, 1.82) is 5.26 Å². The smallest absolute Gasteiger partial charge is 0.319 e.